The molecule has 0 radical (unpaired) electrons. The average molecular weight is 292 g/mol. The second-order valence-corrected chi connectivity index (χ2v) is 4.76. The van der Waals surface area contributed by atoms with Crippen LogP contribution in [-0.2, 0) is 0 Å². The molecular weight excluding hydrogens is 280 g/mol. The molecule has 22 heavy (non-hydrogen) atoms. The van der Waals surface area contributed by atoms with Crippen LogP contribution >= 0.6 is 0 Å². The molecule has 2 rings (SSSR count). The highest BCUT2D eigenvalue weighted by Crippen LogP contribution is 2.39. The fourth-order valence-corrected chi connectivity index (χ4v) is 2.36. The molecule has 1 aliphatic rings. The third-order valence-corrected chi connectivity index (χ3v) is 3.32. The molecule has 0 spiro atoms. The van der Waals surface area contributed by atoms with E-state index < -0.39 is 5.72 Å². The van der Waals surface area contributed by atoms with E-state index in [1.54, 1.807) is 36.4 Å². The molecular formula is C16H12N4O2. The minimum Gasteiger partial charge on any atom is -0.497 e. The van der Waals surface area contributed by atoms with Gasteiger partial charge in [0.1, 0.15) is 24.0 Å². The maximum absolute atomic E-state index is 10.5. The molecule has 1 unspecified atom stereocenters. The minimum atomic E-state index is -1.56. The van der Waals surface area contributed by atoms with E-state index in [1.807, 2.05) is 6.07 Å². The smallest absolute Gasteiger partial charge is 0.161 e. The van der Waals surface area contributed by atoms with Gasteiger partial charge in [0.15, 0.2) is 11.3 Å². The van der Waals surface area contributed by atoms with E-state index in [9.17, 15) is 10.4 Å². The molecule has 1 aromatic rings. The standard InChI is InChI=1S/C16H12N4O2/c1-16(21)14(10-3-5-12(22-2)6-4-10)13(9-19)15(20-16)11(7-17)8-18/h3-6,20-21H,1-2H3. The third-order valence-electron chi connectivity index (χ3n) is 3.32. The van der Waals surface area contributed by atoms with E-state index in [4.69, 9.17) is 15.3 Å². The number of hydrogen-bond donors (Lipinski definition) is 2. The lowest BCUT2D eigenvalue weighted by atomic mass is 9.94. The Bertz CT molecular complexity index is 781. The molecule has 2 N–H and O–H groups in total. The maximum Gasteiger partial charge on any atom is 0.161 e. The first-order chi connectivity index (χ1) is 10.5. The fraction of sp³-hybridized carbons (Fsp3) is 0.188. The molecule has 0 fully saturated rings. The number of allylic oxidation sites excluding steroid dienone is 2. The predicted octanol–water partition coefficient (Wildman–Crippen LogP) is 1.59. The summed E-state index contributed by atoms with van der Waals surface area (Å²) in [4.78, 5) is 0. The lowest BCUT2D eigenvalue weighted by Gasteiger charge is -2.22. The number of hydrogen-bond acceptors (Lipinski definition) is 6. The Morgan fingerprint density at radius 3 is 2.23 bits per heavy atom. The van der Waals surface area contributed by atoms with E-state index in [-0.39, 0.29) is 16.8 Å². The quantitative estimate of drug-likeness (QED) is 0.800. The molecule has 108 valence electrons. The average Bonchev–Trinajstić information content (AvgIpc) is 2.79. The third kappa shape index (κ3) is 2.38. The Morgan fingerprint density at radius 1 is 1.18 bits per heavy atom. The first-order valence-electron chi connectivity index (χ1n) is 6.33. The van der Waals surface area contributed by atoms with Gasteiger partial charge in [0.05, 0.1) is 18.4 Å². The monoisotopic (exact) mass is 292 g/mol. The second kappa shape index (κ2) is 5.61. The lowest BCUT2D eigenvalue weighted by Crippen LogP contribution is -2.37. The number of nitriles is 3. The van der Waals surface area contributed by atoms with E-state index >= 15 is 0 Å². The zero-order valence-corrected chi connectivity index (χ0v) is 12.0. The van der Waals surface area contributed by atoms with Crippen LogP contribution in [0.4, 0.5) is 0 Å². The number of rotatable bonds is 2. The molecule has 0 saturated carbocycles. The Hall–Kier alpha value is -3.27. The number of nitrogens with zero attached hydrogens (tertiary/aromatic N) is 3. The number of benzene rings is 1. The van der Waals surface area contributed by atoms with Crippen molar-refractivity contribution in [2.75, 3.05) is 7.11 Å². The van der Waals surface area contributed by atoms with Crippen LogP contribution in [0.2, 0.25) is 0 Å². The zero-order valence-electron chi connectivity index (χ0n) is 12.0. The van der Waals surface area contributed by atoms with Crippen LogP contribution < -0.4 is 10.1 Å². The van der Waals surface area contributed by atoms with Crippen LogP contribution in [0.15, 0.2) is 41.1 Å². The summed E-state index contributed by atoms with van der Waals surface area (Å²) >= 11 is 0. The number of ether oxygens (including phenoxy) is 1. The van der Waals surface area contributed by atoms with E-state index in [1.165, 1.54) is 14.0 Å². The van der Waals surface area contributed by atoms with E-state index in [0.717, 1.165) is 0 Å². The Labute approximate surface area is 127 Å². The van der Waals surface area contributed by atoms with Gasteiger partial charge in [-0.3, -0.25) is 0 Å². The summed E-state index contributed by atoms with van der Waals surface area (Å²) in [5.41, 5.74) is -0.777. The van der Waals surface area contributed by atoms with Crippen molar-refractivity contribution in [1.29, 1.82) is 15.8 Å². The number of nitrogens with one attached hydrogen (secondary N) is 1. The molecule has 1 atom stereocenters. The summed E-state index contributed by atoms with van der Waals surface area (Å²) in [5, 5.41) is 40.6. The van der Waals surface area contributed by atoms with Crippen molar-refractivity contribution < 1.29 is 9.84 Å². The molecule has 0 aromatic heterocycles. The van der Waals surface area contributed by atoms with E-state index in [0.29, 0.717) is 16.9 Å². The SMILES string of the molecule is COc1ccc(C2=C(C#N)C(=C(C#N)C#N)NC2(C)O)cc1. The second-order valence-electron chi connectivity index (χ2n) is 4.76. The van der Waals surface area contributed by atoms with Gasteiger partial charge < -0.3 is 15.2 Å². The first-order valence-corrected chi connectivity index (χ1v) is 6.33. The van der Waals surface area contributed by atoms with Crippen LogP contribution in [0.3, 0.4) is 0 Å². The summed E-state index contributed by atoms with van der Waals surface area (Å²) in [6.07, 6.45) is 0. The van der Waals surface area contributed by atoms with Gasteiger partial charge >= 0.3 is 0 Å². The summed E-state index contributed by atoms with van der Waals surface area (Å²) in [7, 11) is 1.54. The summed E-state index contributed by atoms with van der Waals surface area (Å²) in [5.74, 6) is 0.638. The Balaban J connectivity index is 2.71. The number of aliphatic hydroxyl groups is 1. The normalized spacial score (nSPS) is 19.7. The van der Waals surface area contributed by atoms with Gasteiger partial charge in [0, 0.05) is 5.57 Å². The van der Waals surface area contributed by atoms with Crippen molar-refractivity contribution in [3.8, 4) is 24.0 Å². The lowest BCUT2D eigenvalue weighted by molar-refractivity contribution is 0.103. The molecule has 6 heteroatoms. The van der Waals surface area contributed by atoms with Gasteiger partial charge in [-0.05, 0) is 24.6 Å². The summed E-state index contributed by atoms with van der Waals surface area (Å²) in [6.45, 7) is 1.46. The molecule has 0 bridgehead atoms. The maximum atomic E-state index is 10.5. The molecule has 1 aliphatic heterocycles. The Morgan fingerprint density at radius 2 is 1.77 bits per heavy atom. The van der Waals surface area contributed by atoms with Crippen LogP contribution in [-0.4, -0.2) is 17.9 Å². The van der Waals surface area contributed by atoms with E-state index in [2.05, 4.69) is 5.32 Å². The van der Waals surface area contributed by atoms with Crippen LogP contribution in [0.25, 0.3) is 5.57 Å². The largest absolute Gasteiger partial charge is 0.497 e. The molecule has 6 nitrogen and oxygen atoms in total. The van der Waals surface area contributed by atoms with Crippen LogP contribution in [0.5, 0.6) is 5.75 Å². The fourth-order valence-electron chi connectivity index (χ4n) is 2.36. The molecule has 0 aliphatic carbocycles. The zero-order chi connectivity index (χ0) is 16.3. The predicted molar refractivity (Wildman–Crippen MR) is 77.5 cm³/mol. The van der Waals surface area contributed by atoms with Crippen molar-refractivity contribution >= 4 is 5.57 Å². The van der Waals surface area contributed by atoms with Crippen molar-refractivity contribution in [3.63, 3.8) is 0 Å². The van der Waals surface area contributed by atoms with Gasteiger partial charge in [0.25, 0.3) is 0 Å². The van der Waals surface area contributed by atoms with Crippen LogP contribution in [0, 0.1) is 34.0 Å². The first kappa shape index (κ1) is 15.1. The highest BCUT2D eigenvalue weighted by molar-refractivity contribution is 5.85. The van der Waals surface area contributed by atoms with Crippen molar-refractivity contribution in [2.45, 2.75) is 12.6 Å². The van der Waals surface area contributed by atoms with Gasteiger partial charge in [-0.1, -0.05) is 12.1 Å². The number of methoxy groups -OCH3 is 1. The summed E-state index contributed by atoms with van der Waals surface area (Å²) < 4.78 is 5.08. The van der Waals surface area contributed by atoms with Crippen molar-refractivity contribution in [3.05, 3.63) is 46.7 Å². The van der Waals surface area contributed by atoms with Gasteiger partial charge in [-0.15, -0.1) is 0 Å². The van der Waals surface area contributed by atoms with Gasteiger partial charge in [-0.25, -0.2) is 0 Å². The molecule has 1 aromatic carbocycles. The molecule has 1 heterocycles. The topological polar surface area (TPSA) is 113 Å². The molecule has 0 amide bonds. The Kier molecular flexibility index (Phi) is 3.86. The highest BCUT2D eigenvalue weighted by Gasteiger charge is 2.40. The molecule has 0 saturated heterocycles. The highest BCUT2D eigenvalue weighted by atomic mass is 16.5. The van der Waals surface area contributed by atoms with Crippen molar-refractivity contribution in [1.82, 2.24) is 5.32 Å². The van der Waals surface area contributed by atoms with Crippen molar-refractivity contribution in [2.24, 2.45) is 0 Å². The minimum absolute atomic E-state index is 0.0447. The van der Waals surface area contributed by atoms with Crippen LogP contribution in [0.1, 0.15) is 12.5 Å². The summed E-state index contributed by atoms with van der Waals surface area (Å²) in [6, 6.07) is 12.2. The van der Waals surface area contributed by atoms with Gasteiger partial charge in [0.2, 0.25) is 0 Å². The van der Waals surface area contributed by atoms with Gasteiger partial charge in [-0.2, -0.15) is 15.8 Å².